The predicted octanol–water partition coefficient (Wildman–Crippen LogP) is 3.90. The molecular formula is C21H25N5O3. The Hall–Kier alpha value is -3.55. The van der Waals surface area contributed by atoms with Crippen LogP contribution in [0.2, 0.25) is 0 Å². The van der Waals surface area contributed by atoms with Crippen LogP contribution >= 0.6 is 0 Å². The molecule has 0 radical (unpaired) electrons. The molecule has 0 aliphatic carbocycles. The lowest BCUT2D eigenvalue weighted by Crippen LogP contribution is -2.13. The predicted molar refractivity (Wildman–Crippen MR) is 112 cm³/mol. The van der Waals surface area contributed by atoms with Crippen molar-refractivity contribution in [3.8, 4) is 17.2 Å². The lowest BCUT2D eigenvalue weighted by atomic mass is 10.3. The summed E-state index contributed by atoms with van der Waals surface area (Å²) in [5.41, 5.74) is 0.850. The molecule has 0 atom stereocenters. The lowest BCUT2D eigenvalue weighted by molar-refractivity contribution is 0.242. The molecule has 0 unspecified atom stereocenters. The third-order valence-corrected chi connectivity index (χ3v) is 3.78. The number of benzene rings is 2. The van der Waals surface area contributed by atoms with Gasteiger partial charge in [-0.2, -0.15) is 10.1 Å². The van der Waals surface area contributed by atoms with Gasteiger partial charge in [0.15, 0.2) is 5.82 Å². The van der Waals surface area contributed by atoms with Crippen molar-refractivity contribution in [2.45, 2.75) is 20.0 Å². The maximum Gasteiger partial charge on any atom is 0.249 e. The molecule has 3 rings (SSSR count). The number of rotatable bonds is 10. The Morgan fingerprint density at radius 3 is 2.31 bits per heavy atom. The van der Waals surface area contributed by atoms with Gasteiger partial charge in [-0.1, -0.05) is 0 Å². The van der Waals surface area contributed by atoms with Gasteiger partial charge in [0, 0.05) is 5.69 Å². The van der Waals surface area contributed by atoms with Crippen molar-refractivity contribution in [1.29, 1.82) is 0 Å². The number of nitrogens with zero attached hydrogens (tertiary/aromatic N) is 3. The van der Waals surface area contributed by atoms with E-state index in [0.29, 0.717) is 24.9 Å². The second-order valence-electron chi connectivity index (χ2n) is 6.43. The van der Waals surface area contributed by atoms with Gasteiger partial charge in [0.05, 0.1) is 26.0 Å². The summed E-state index contributed by atoms with van der Waals surface area (Å²) in [6, 6.07) is 15.1. The van der Waals surface area contributed by atoms with Crippen LogP contribution in [0.1, 0.15) is 13.8 Å². The highest BCUT2D eigenvalue weighted by Crippen LogP contribution is 2.19. The summed E-state index contributed by atoms with van der Waals surface area (Å²) in [6.45, 7) is 5.04. The summed E-state index contributed by atoms with van der Waals surface area (Å²) in [7, 11) is 1.63. The second kappa shape index (κ2) is 10.1. The Kier molecular flexibility index (Phi) is 7.05. The van der Waals surface area contributed by atoms with Crippen LogP contribution in [0.25, 0.3) is 0 Å². The van der Waals surface area contributed by atoms with Crippen molar-refractivity contribution < 1.29 is 14.2 Å². The summed E-state index contributed by atoms with van der Waals surface area (Å²) in [6.07, 6.45) is 1.70. The summed E-state index contributed by atoms with van der Waals surface area (Å²) >= 11 is 0. The molecule has 8 nitrogen and oxygen atoms in total. The minimum absolute atomic E-state index is 0.137. The van der Waals surface area contributed by atoms with E-state index in [1.807, 2.05) is 62.4 Å². The fourth-order valence-corrected chi connectivity index (χ4v) is 2.48. The van der Waals surface area contributed by atoms with Gasteiger partial charge < -0.3 is 24.8 Å². The summed E-state index contributed by atoms with van der Waals surface area (Å²) in [5.74, 6) is 3.41. The van der Waals surface area contributed by atoms with Crippen molar-refractivity contribution >= 4 is 17.5 Å². The highest BCUT2D eigenvalue weighted by molar-refractivity contribution is 5.55. The molecule has 29 heavy (non-hydrogen) atoms. The van der Waals surface area contributed by atoms with Gasteiger partial charge in [-0.3, -0.25) is 0 Å². The van der Waals surface area contributed by atoms with E-state index in [2.05, 4.69) is 25.8 Å². The average molecular weight is 395 g/mol. The highest BCUT2D eigenvalue weighted by atomic mass is 16.5. The molecule has 0 saturated heterocycles. The molecule has 152 valence electrons. The molecule has 0 aliphatic rings. The number of nitrogens with one attached hydrogen (secondary N) is 2. The monoisotopic (exact) mass is 395 g/mol. The smallest absolute Gasteiger partial charge is 0.249 e. The zero-order chi connectivity index (χ0) is 20.5. The molecular weight excluding hydrogens is 370 g/mol. The Morgan fingerprint density at radius 2 is 1.62 bits per heavy atom. The zero-order valence-corrected chi connectivity index (χ0v) is 16.8. The number of hydrogen-bond donors (Lipinski definition) is 2. The number of aromatic nitrogens is 3. The third kappa shape index (κ3) is 6.53. The van der Waals surface area contributed by atoms with Crippen molar-refractivity contribution in [3.05, 3.63) is 54.7 Å². The van der Waals surface area contributed by atoms with E-state index < -0.39 is 0 Å². The van der Waals surface area contributed by atoms with E-state index in [4.69, 9.17) is 14.2 Å². The van der Waals surface area contributed by atoms with E-state index >= 15 is 0 Å². The SMILES string of the molecule is COc1ccc(OCCNc2cnnc(Nc3ccc(OC(C)C)cc3)n2)cc1. The van der Waals surface area contributed by atoms with Gasteiger partial charge in [0.2, 0.25) is 5.95 Å². The highest BCUT2D eigenvalue weighted by Gasteiger charge is 2.03. The van der Waals surface area contributed by atoms with Gasteiger partial charge in [-0.15, -0.1) is 5.10 Å². The van der Waals surface area contributed by atoms with Gasteiger partial charge in [-0.25, -0.2) is 0 Å². The molecule has 0 saturated carbocycles. The number of hydrogen-bond acceptors (Lipinski definition) is 8. The Balaban J connectivity index is 1.47. The molecule has 8 heteroatoms. The molecule has 1 aromatic heterocycles. The standard InChI is InChI=1S/C21H25N5O3/c1-15(2)29-19-6-4-16(5-7-19)24-21-25-20(14-23-26-21)22-12-13-28-18-10-8-17(27-3)9-11-18/h4-11,14-15H,12-13H2,1-3H3,(H2,22,24,25,26). The first kappa shape index (κ1) is 20.2. The van der Waals surface area contributed by atoms with Crippen molar-refractivity contribution in [3.63, 3.8) is 0 Å². The molecule has 0 spiro atoms. The van der Waals surface area contributed by atoms with Crippen molar-refractivity contribution in [2.75, 3.05) is 30.9 Å². The minimum Gasteiger partial charge on any atom is -0.497 e. The fourth-order valence-electron chi connectivity index (χ4n) is 2.48. The lowest BCUT2D eigenvalue weighted by Gasteiger charge is -2.11. The van der Waals surface area contributed by atoms with Crippen LogP contribution in [0.5, 0.6) is 17.2 Å². The quantitative estimate of drug-likeness (QED) is 0.500. The Labute approximate surface area is 170 Å². The van der Waals surface area contributed by atoms with Crippen molar-refractivity contribution in [1.82, 2.24) is 15.2 Å². The Morgan fingerprint density at radius 1 is 0.931 bits per heavy atom. The molecule has 2 aromatic carbocycles. The molecule has 0 amide bonds. The largest absolute Gasteiger partial charge is 0.497 e. The molecule has 3 aromatic rings. The van der Waals surface area contributed by atoms with Crippen LogP contribution in [0, 0.1) is 0 Å². The maximum atomic E-state index is 5.68. The summed E-state index contributed by atoms with van der Waals surface area (Å²) in [5, 5.41) is 14.3. The van der Waals surface area contributed by atoms with Crippen LogP contribution in [0.3, 0.4) is 0 Å². The van der Waals surface area contributed by atoms with Crippen molar-refractivity contribution in [2.24, 2.45) is 0 Å². The third-order valence-electron chi connectivity index (χ3n) is 3.78. The Bertz CT molecular complexity index is 886. The van der Waals surface area contributed by atoms with E-state index in [1.54, 1.807) is 13.3 Å². The number of ether oxygens (including phenoxy) is 3. The molecule has 0 bridgehead atoms. The first-order valence-corrected chi connectivity index (χ1v) is 9.36. The van der Waals surface area contributed by atoms with Crippen LogP contribution < -0.4 is 24.8 Å². The van der Waals surface area contributed by atoms with Crippen LogP contribution in [-0.2, 0) is 0 Å². The molecule has 2 N–H and O–H groups in total. The average Bonchev–Trinajstić information content (AvgIpc) is 2.73. The molecule has 0 fully saturated rings. The summed E-state index contributed by atoms with van der Waals surface area (Å²) in [4.78, 5) is 4.41. The first-order valence-electron chi connectivity index (χ1n) is 9.36. The molecule has 1 heterocycles. The normalized spacial score (nSPS) is 10.5. The van der Waals surface area contributed by atoms with E-state index in [9.17, 15) is 0 Å². The van der Waals surface area contributed by atoms with E-state index in [1.165, 1.54) is 0 Å². The van der Waals surface area contributed by atoms with Crippen LogP contribution in [0.15, 0.2) is 54.7 Å². The van der Waals surface area contributed by atoms with Crippen LogP contribution in [-0.4, -0.2) is 41.5 Å². The van der Waals surface area contributed by atoms with Crippen LogP contribution in [0.4, 0.5) is 17.5 Å². The van der Waals surface area contributed by atoms with E-state index in [-0.39, 0.29) is 6.10 Å². The van der Waals surface area contributed by atoms with Gasteiger partial charge in [0.1, 0.15) is 23.9 Å². The topological polar surface area (TPSA) is 90.4 Å². The van der Waals surface area contributed by atoms with Gasteiger partial charge >= 0.3 is 0 Å². The number of anilines is 3. The minimum atomic E-state index is 0.137. The molecule has 0 aliphatic heterocycles. The van der Waals surface area contributed by atoms with Gasteiger partial charge in [0.25, 0.3) is 0 Å². The first-order chi connectivity index (χ1) is 14.1. The number of methoxy groups -OCH3 is 1. The van der Waals surface area contributed by atoms with E-state index in [0.717, 1.165) is 22.9 Å². The van der Waals surface area contributed by atoms with Gasteiger partial charge in [-0.05, 0) is 62.4 Å². The summed E-state index contributed by atoms with van der Waals surface area (Å²) < 4.78 is 16.4. The second-order valence-corrected chi connectivity index (χ2v) is 6.43. The zero-order valence-electron chi connectivity index (χ0n) is 16.8. The fraction of sp³-hybridized carbons (Fsp3) is 0.286. The maximum absolute atomic E-state index is 5.68.